The molecule has 0 aliphatic heterocycles. The number of carbonyl (C=O) groups excluding carboxylic acids is 1. The Hall–Kier alpha value is -3.67. The number of ketones is 1. The first-order chi connectivity index (χ1) is 19.9. The fourth-order valence-electron chi connectivity index (χ4n) is 5.65. The second-order valence-corrected chi connectivity index (χ2v) is 10.6. The van der Waals surface area contributed by atoms with Crippen molar-refractivity contribution in [3.63, 3.8) is 0 Å². The summed E-state index contributed by atoms with van der Waals surface area (Å²) in [6, 6.07) is 20.3. The molecule has 0 bridgehead atoms. The van der Waals surface area contributed by atoms with Crippen LogP contribution >= 0.6 is 0 Å². The van der Waals surface area contributed by atoms with Gasteiger partial charge in [-0.05, 0) is 49.6 Å². The number of fused-ring (bicyclic) bond motifs is 9. The second-order valence-electron chi connectivity index (χ2n) is 10.6. The van der Waals surface area contributed by atoms with E-state index < -0.39 is 0 Å². The predicted octanol–water partition coefficient (Wildman–Crippen LogP) is 8.71. The van der Waals surface area contributed by atoms with Crippen molar-refractivity contribution in [3.05, 3.63) is 84.5 Å². The molecule has 3 aromatic heterocycles. The predicted molar refractivity (Wildman–Crippen MR) is 168 cm³/mol. The van der Waals surface area contributed by atoms with E-state index in [-0.39, 0.29) is 43.5 Å². The van der Waals surface area contributed by atoms with E-state index in [1.807, 2.05) is 40.0 Å². The van der Waals surface area contributed by atoms with Gasteiger partial charge in [0.05, 0.1) is 22.3 Å². The zero-order chi connectivity index (χ0) is 29.1. The number of hydrogen-bond donors (Lipinski definition) is 1. The van der Waals surface area contributed by atoms with Crippen molar-refractivity contribution in [2.75, 3.05) is 0 Å². The molecule has 0 fully saturated rings. The maximum absolute atomic E-state index is 11.7. The van der Waals surface area contributed by atoms with Crippen LogP contribution in [0, 0.1) is 24.8 Å². The van der Waals surface area contributed by atoms with E-state index in [0.29, 0.717) is 0 Å². The molecule has 3 heterocycles. The van der Waals surface area contributed by atoms with Crippen LogP contribution in [0.5, 0.6) is 0 Å². The molecule has 0 saturated carbocycles. The van der Waals surface area contributed by atoms with Crippen LogP contribution < -0.4 is 0 Å². The number of allylic oxidation sites excluding steroid dienone is 2. The number of nitrogens with zero attached hydrogens (tertiary/aromatic N) is 4. The van der Waals surface area contributed by atoms with Crippen LogP contribution in [0.4, 0.5) is 0 Å². The third-order valence-electron chi connectivity index (χ3n) is 8.17. The smallest absolute Gasteiger partial charge is 0.162 e. The minimum absolute atomic E-state index is 0. The number of aryl methyl sites for hydroxylation is 1. The number of para-hydroxylation sites is 1. The molecule has 0 unspecified atom stereocenters. The van der Waals surface area contributed by atoms with Gasteiger partial charge in [-0.3, -0.25) is 9.78 Å². The van der Waals surface area contributed by atoms with Gasteiger partial charge in [-0.15, -0.1) is 23.6 Å². The second kappa shape index (κ2) is 13.5. The fourth-order valence-corrected chi connectivity index (χ4v) is 5.65. The number of benzene rings is 3. The van der Waals surface area contributed by atoms with E-state index in [0.717, 1.165) is 80.5 Å². The van der Waals surface area contributed by atoms with Crippen LogP contribution in [-0.2, 0) is 24.9 Å². The first-order valence-corrected chi connectivity index (χ1v) is 14.6. The molecule has 42 heavy (non-hydrogen) atoms. The van der Waals surface area contributed by atoms with Crippen LogP contribution in [0.2, 0.25) is 0 Å². The number of imidazole rings is 1. The van der Waals surface area contributed by atoms with Crippen LogP contribution in [0.25, 0.3) is 49.3 Å². The van der Waals surface area contributed by atoms with Gasteiger partial charge in [-0.2, -0.15) is 0 Å². The molecule has 0 amide bonds. The first-order valence-electron chi connectivity index (χ1n) is 14.6. The molecular formula is C35H37IrN4O2-. The summed E-state index contributed by atoms with van der Waals surface area (Å²) >= 11 is 0. The van der Waals surface area contributed by atoms with Gasteiger partial charge in [0.15, 0.2) is 5.78 Å². The third kappa shape index (κ3) is 5.81. The monoisotopic (exact) mass is 738 g/mol. The summed E-state index contributed by atoms with van der Waals surface area (Å²) in [5.41, 5.74) is 6.03. The Morgan fingerprint density at radius 3 is 2.38 bits per heavy atom. The summed E-state index contributed by atoms with van der Waals surface area (Å²) in [4.78, 5) is 25.6. The molecule has 3 aromatic carbocycles. The Labute approximate surface area is 260 Å². The quantitative estimate of drug-likeness (QED) is 0.0583. The van der Waals surface area contributed by atoms with Gasteiger partial charge >= 0.3 is 0 Å². The summed E-state index contributed by atoms with van der Waals surface area (Å²) in [5.74, 6) is 0.547. The van der Waals surface area contributed by atoms with Crippen molar-refractivity contribution in [3.8, 4) is 0 Å². The van der Waals surface area contributed by atoms with E-state index in [1.165, 1.54) is 6.08 Å². The summed E-state index contributed by atoms with van der Waals surface area (Å²) in [7, 11) is 0. The van der Waals surface area contributed by atoms with E-state index >= 15 is 0 Å². The molecule has 0 aliphatic rings. The largest absolute Gasteiger partial charge is 0.512 e. The Morgan fingerprint density at radius 2 is 1.67 bits per heavy atom. The van der Waals surface area contributed by atoms with E-state index in [9.17, 15) is 9.90 Å². The van der Waals surface area contributed by atoms with Gasteiger partial charge in [-0.1, -0.05) is 68.8 Å². The Bertz CT molecular complexity index is 1900. The molecule has 219 valence electrons. The van der Waals surface area contributed by atoms with E-state index in [1.54, 1.807) is 6.33 Å². The molecule has 1 N–H and O–H groups in total. The average Bonchev–Trinajstić information content (AvgIpc) is 3.39. The summed E-state index contributed by atoms with van der Waals surface area (Å²) < 4.78 is 2.17. The van der Waals surface area contributed by atoms with Crippen molar-refractivity contribution < 1.29 is 30.0 Å². The molecule has 6 rings (SSSR count). The molecule has 0 atom stereocenters. The van der Waals surface area contributed by atoms with Gasteiger partial charge < -0.3 is 9.51 Å². The first kappa shape index (κ1) is 31.3. The maximum Gasteiger partial charge on any atom is 0.162 e. The number of rotatable bonds is 7. The molecule has 6 nitrogen and oxygen atoms in total. The summed E-state index contributed by atoms with van der Waals surface area (Å²) in [6.07, 6.45) is 8.37. The average molecular weight is 738 g/mol. The number of hydrogen-bond acceptors (Lipinski definition) is 5. The number of pyridine rings is 1. The van der Waals surface area contributed by atoms with Crippen molar-refractivity contribution in [1.29, 1.82) is 0 Å². The standard InChI is InChI=1S/C22H13N4.C13H24O2.Ir/c1-13-5-4-8-18-20(13)25-22-17-10-15-7-3-2-6-14(15)9-16(17)21-19(26(18)22)11-23-12-24-21;1-5-10(6-2)12(14)9-13(15)11(7-3)8-4;/h2-8,10-12H,1H3;9-11,14H,5-8H2,1-4H3;/q-1;;/b;12-9-;. The van der Waals surface area contributed by atoms with Crippen molar-refractivity contribution >= 4 is 55.0 Å². The zero-order valence-corrected chi connectivity index (χ0v) is 27.2. The molecule has 7 heteroatoms. The maximum atomic E-state index is 11.7. The van der Waals surface area contributed by atoms with E-state index in [4.69, 9.17) is 4.98 Å². The van der Waals surface area contributed by atoms with Crippen molar-refractivity contribution in [1.82, 2.24) is 19.4 Å². The summed E-state index contributed by atoms with van der Waals surface area (Å²) in [5, 5.41) is 14.0. The molecule has 0 saturated heterocycles. The minimum Gasteiger partial charge on any atom is -0.512 e. The topological polar surface area (TPSA) is 80.4 Å². The number of aliphatic hydroxyl groups is 1. The molecule has 0 spiro atoms. The number of carbonyl (C=O) groups is 1. The van der Waals surface area contributed by atoms with Gasteiger partial charge in [0.25, 0.3) is 0 Å². The fraction of sp³-hybridized carbons (Fsp3) is 0.314. The number of aliphatic hydroxyl groups excluding tert-OH is 1. The van der Waals surface area contributed by atoms with Crippen molar-refractivity contribution in [2.24, 2.45) is 11.8 Å². The number of aromatic nitrogens is 4. The SMILES string of the molecule is CCC(CC)C(=O)/C=C(\O)C(CC)CC.Cc1cccc2c1nc1c3cc4ccccc4[c-]c3c3ncncc3n21.[Ir]. The minimum atomic E-state index is 0. The summed E-state index contributed by atoms with van der Waals surface area (Å²) in [6.45, 7) is 10.2. The normalized spacial score (nSPS) is 11.9. The zero-order valence-electron chi connectivity index (χ0n) is 24.8. The van der Waals surface area contributed by atoms with Gasteiger partial charge in [0.2, 0.25) is 0 Å². The Kier molecular flexibility index (Phi) is 10.1. The molecule has 0 aliphatic carbocycles. The van der Waals surface area contributed by atoms with Crippen LogP contribution in [0.15, 0.2) is 72.9 Å². The van der Waals surface area contributed by atoms with Crippen LogP contribution in [0.1, 0.15) is 58.9 Å². The van der Waals surface area contributed by atoms with Gasteiger partial charge in [0, 0.05) is 49.7 Å². The Morgan fingerprint density at radius 1 is 0.952 bits per heavy atom. The van der Waals surface area contributed by atoms with E-state index in [2.05, 4.69) is 69.8 Å². The van der Waals surface area contributed by atoms with Crippen molar-refractivity contribution in [2.45, 2.75) is 60.3 Å². The Balaban J connectivity index is 0.000000221. The van der Waals surface area contributed by atoms with Crippen LogP contribution in [0.3, 0.4) is 0 Å². The molecule has 1 radical (unpaired) electrons. The third-order valence-corrected chi connectivity index (χ3v) is 8.17. The molecular weight excluding hydrogens is 701 g/mol. The molecule has 6 aromatic rings. The van der Waals surface area contributed by atoms with Crippen LogP contribution in [-0.4, -0.2) is 30.2 Å². The van der Waals surface area contributed by atoms with Gasteiger partial charge in [0.1, 0.15) is 12.0 Å². The van der Waals surface area contributed by atoms with Gasteiger partial charge in [-0.25, -0.2) is 9.97 Å².